The number of aldehydes is 1. The van der Waals surface area contributed by atoms with Crippen LogP contribution in [0.1, 0.15) is 22.3 Å². The zero-order valence-corrected chi connectivity index (χ0v) is 20.4. The molecule has 2 aromatic rings. The number of sulfone groups is 1. The third-order valence-corrected chi connectivity index (χ3v) is 7.51. The summed E-state index contributed by atoms with van der Waals surface area (Å²) >= 11 is 0. The van der Waals surface area contributed by atoms with E-state index in [0.717, 1.165) is 5.56 Å². The maximum Gasteiger partial charge on any atom is 0.203 e. The summed E-state index contributed by atoms with van der Waals surface area (Å²) in [5, 5.41) is 10.7. The number of para-hydroxylation sites is 1. The zero-order valence-electron chi connectivity index (χ0n) is 19.6. The highest BCUT2D eigenvalue weighted by Crippen LogP contribution is 2.38. The Labute approximate surface area is 200 Å². The summed E-state index contributed by atoms with van der Waals surface area (Å²) in [5.41, 5.74) is 1.21. The van der Waals surface area contributed by atoms with Crippen LogP contribution in [0.4, 0.5) is 0 Å². The van der Waals surface area contributed by atoms with Crippen molar-refractivity contribution in [2.24, 2.45) is 0 Å². The van der Waals surface area contributed by atoms with Gasteiger partial charge in [-0.2, -0.15) is 0 Å². The molecule has 1 saturated heterocycles. The van der Waals surface area contributed by atoms with Crippen molar-refractivity contribution in [3.05, 3.63) is 47.5 Å². The van der Waals surface area contributed by atoms with Crippen molar-refractivity contribution in [1.82, 2.24) is 4.90 Å². The van der Waals surface area contributed by atoms with E-state index in [1.54, 1.807) is 36.4 Å². The first-order valence-corrected chi connectivity index (χ1v) is 12.7. The average Bonchev–Trinajstić information content (AvgIpc) is 3.21. The van der Waals surface area contributed by atoms with Crippen molar-refractivity contribution in [1.29, 1.82) is 0 Å². The fourth-order valence-corrected chi connectivity index (χ4v) is 5.85. The number of carbonyl (C=O) groups is 1. The summed E-state index contributed by atoms with van der Waals surface area (Å²) in [6.07, 6.45) is 0.265. The van der Waals surface area contributed by atoms with Gasteiger partial charge in [0.15, 0.2) is 27.6 Å². The van der Waals surface area contributed by atoms with Gasteiger partial charge >= 0.3 is 0 Å². The third kappa shape index (κ3) is 6.40. The van der Waals surface area contributed by atoms with Gasteiger partial charge in [0.25, 0.3) is 0 Å². The van der Waals surface area contributed by atoms with Crippen molar-refractivity contribution in [2.45, 2.75) is 25.1 Å². The molecule has 34 heavy (non-hydrogen) atoms. The fraction of sp³-hybridized carbons (Fsp3) is 0.458. The molecule has 1 fully saturated rings. The van der Waals surface area contributed by atoms with Gasteiger partial charge in [0, 0.05) is 19.1 Å². The summed E-state index contributed by atoms with van der Waals surface area (Å²) < 4.78 is 46.2. The summed E-state index contributed by atoms with van der Waals surface area (Å²) in [7, 11) is 1.45. The van der Waals surface area contributed by atoms with Gasteiger partial charge in [-0.3, -0.25) is 9.69 Å². The Bertz CT molecular complexity index is 1060. The molecule has 0 amide bonds. The SMILES string of the molecule is COc1cc(CN(CC(O)COc2ccccc2C=O)C2CCS(=O)(=O)C2)cc(OC)c1OC. The molecule has 1 N–H and O–H groups in total. The Balaban J connectivity index is 1.78. The van der Waals surface area contributed by atoms with Crippen LogP contribution in [0.3, 0.4) is 0 Å². The lowest BCUT2D eigenvalue weighted by molar-refractivity contribution is 0.0521. The number of benzene rings is 2. The fourth-order valence-electron chi connectivity index (χ4n) is 4.09. The second-order valence-electron chi connectivity index (χ2n) is 8.14. The first-order chi connectivity index (χ1) is 16.3. The molecule has 0 radical (unpaired) electrons. The molecule has 0 spiro atoms. The molecule has 0 aromatic heterocycles. The number of aliphatic hydroxyl groups excluding tert-OH is 1. The van der Waals surface area contributed by atoms with Crippen LogP contribution >= 0.6 is 0 Å². The van der Waals surface area contributed by atoms with E-state index in [2.05, 4.69) is 0 Å². The number of carbonyl (C=O) groups excluding carboxylic acids is 1. The van der Waals surface area contributed by atoms with E-state index in [9.17, 15) is 18.3 Å². The van der Waals surface area contributed by atoms with Crippen LogP contribution in [0.5, 0.6) is 23.0 Å². The van der Waals surface area contributed by atoms with E-state index in [0.29, 0.717) is 47.8 Å². The molecule has 2 atom stereocenters. The van der Waals surface area contributed by atoms with Crippen molar-refractivity contribution in [3.63, 3.8) is 0 Å². The van der Waals surface area contributed by atoms with Gasteiger partial charge in [0.1, 0.15) is 18.5 Å². The zero-order chi connectivity index (χ0) is 24.7. The highest BCUT2D eigenvalue weighted by molar-refractivity contribution is 7.91. The Kier molecular flexibility index (Phi) is 8.76. The third-order valence-electron chi connectivity index (χ3n) is 5.76. The van der Waals surface area contributed by atoms with Crippen LogP contribution in [0, 0.1) is 0 Å². The second-order valence-corrected chi connectivity index (χ2v) is 10.4. The van der Waals surface area contributed by atoms with Crippen LogP contribution in [0.25, 0.3) is 0 Å². The molecule has 0 bridgehead atoms. The number of nitrogens with zero attached hydrogens (tertiary/aromatic N) is 1. The molecule has 0 saturated carbocycles. The van der Waals surface area contributed by atoms with Gasteiger partial charge in [-0.05, 0) is 36.2 Å². The van der Waals surface area contributed by atoms with Crippen molar-refractivity contribution in [3.8, 4) is 23.0 Å². The van der Waals surface area contributed by atoms with Crippen LogP contribution in [0.2, 0.25) is 0 Å². The monoisotopic (exact) mass is 493 g/mol. The predicted molar refractivity (Wildman–Crippen MR) is 127 cm³/mol. The largest absolute Gasteiger partial charge is 0.493 e. The Morgan fingerprint density at radius 3 is 2.32 bits per heavy atom. The highest BCUT2D eigenvalue weighted by Gasteiger charge is 2.33. The average molecular weight is 494 g/mol. The molecule has 2 unspecified atom stereocenters. The lowest BCUT2D eigenvalue weighted by Crippen LogP contribution is -2.42. The Hall–Kier alpha value is -2.82. The predicted octanol–water partition coefficient (Wildman–Crippen LogP) is 1.95. The van der Waals surface area contributed by atoms with Gasteiger partial charge in [-0.25, -0.2) is 8.42 Å². The molecule has 2 aromatic carbocycles. The molecule has 1 heterocycles. The quantitative estimate of drug-likeness (QED) is 0.444. The smallest absolute Gasteiger partial charge is 0.203 e. The van der Waals surface area contributed by atoms with E-state index in [1.165, 1.54) is 21.3 Å². The van der Waals surface area contributed by atoms with E-state index in [-0.39, 0.29) is 30.7 Å². The van der Waals surface area contributed by atoms with Gasteiger partial charge < -0.3 is 24.1 Å². The first-order valence-electron chi connectivity index (χ1n) is 10.9. The summed E-state index contributed by atoms with van der Waals surface area (Å²) in [4.78, 5) is 13.1. The minimum atomic E-state index is -3.13. The summed E-state index contributed by atoms with van der Waals surface area (Å²) in [5.74, 6) is 1.97. The number of methoxy groups -OCH3 is 3. The van der Waals surface area contributed by atoms with E-state index >= 15 is 0 Å². The second kappa shape index (κ2) is 11.5. The van der Waals surface area contributed by atoms with Crippen LogP contribution in [0.15, 0.2) is 36.4 Å². The van der Waals surface area contributed by atoms with E-state index < -0.39 is 15.9 Å². The van der Waals surface area contributed by atoms with Gasteiger partial charge in [0.05, 0.1) is 38.4 Å². The lowest BCUT2D eigenvalue weighted by atomic mass is 10.1. The number of aliphatic hydroxyl groups is 1. The summed E-state index contributed by atoms with van der Waals surface area (Å²) in [6.45, 7) is 0.495. The van der Waals surface area contributed by atoms with Gasteiger partial charge in [-0.1, -0.05) is 12.1 Å². The van der Waals surface area contributed by atoms with Gasteiger partial charge in [-0.15, -0.1) is 0 Å². The number of rotatable bonds is 12. The highest BCUT2D eigenvalue weighted by atomic mass is 32.2. The topological polar surface area (TPSA) is 112 Å². The minimum Gasteiger partial charge on any atom is -0.493 e. The normalized spacial score (nSPS) is 17.9. The number of hydrogen-bond acceptors (Lipinski definition) is 9. The van der Waals surface area contributed by atoms with E-state index in [1.807, 2.05) is 4.90 Å². The Morgan fingerprint density at radius 2 is 1.76 bits per heavy atom. The number of hydrogen-bond donors (Lipinski definition) is 1. The van der Waals surface area contributed by atoms with Crippen molar-refractivity contribution < 1.29 is 37.3 Å². The molecule has 186 valence electrons. The molecular weight excluding hydrogens is 462 g/mol. The first kappa shape index (κ1) is 25.8. The van der Waals surface area contributed by atoms with Crippen LogP contribution < -0.4 is 18.9 Å². The lowest BCUT2D eigenvalue weighted by Gasteiger charge is -2.30. The summed E-state index contributed by atoms with van der Waals surface area (Å²) in [6, 6.07) is 10.1. The maximum absolute atomic E-state index is 12.1. The molecule has 10 heteroatoms. The molecule has 3 rings (SSSR count). The molecular formula is C24H31NO8S. The van der Waals surface area contributed by atoms with Crippen LogP contribution in [-0.4, -0.2) is 82.8 Å². The number of ether oxygens (including phenoxy) is 4. The minimum absolute atomic E-state index is 0.0268. The van der Waals surface area contributed by atoms with Crippen molar-refractivity contribution >= 4 is 16.1 Å². The maximum atomic E-state index is 12.1. The van der Waals surface area contributed by atoms with E-state index in [4.69, 9.17) is 18.9 Å². The Morgan fingerprint density at radius 1 is 1.09 bits per heavy atom. The molecule has 9 nitrogen and oxygen atoms in total. The molecule has 1 aliphatic heterocycles. The standard InChI is InChI=1S/C24H31NO8S/c1-30-22-10-17(11-23(31-2)24(22)32-3)12-25(19-8-9-34(28,29)16-19)13-20(27)15-33-21-7-5-4-6-18(21)14-26/h4-7,10-11,14,19-20,27H,8-9,12-13,15-16H2,1-3H3. The molecule has 1 aliphatic rings. The molecule has 0 aliphatic carbocycles. The van der Waals surface area contributed by atoms with Crippen molar-refractivity contribution in [2.75, 3.05) is 46.0 Å². The van der Waals surface area contributed by atoms with Gasteiger partial charge in [0.2, 0.25) is 5.75 Å². The van der Waals surface area contributed by atoms with Crippen LogP contribution in [-0.2, 0) is 16.4 Å².